The van der Waals surface area contributed by atoms with Crippen LogP contribution in [-0.4, -0.2) is 65.5 Å². The van der Waals surface area contributed by atoms with Crippen molar-refractivity contribution in [2.75, 3.05) is 26.3 Å². The zero-order chi connectivity index (χ0) is 23.4. The number of hydroxylamine groups is 1. The van der Waals surface area contributed by atoms with Gasteiger partial charge in [0.1, 0.15) is 0 Å². The molecule has 1 saturated carbocycles. The molecule has 1 aliphatic carbocycles. The van der Waals surface area contributed by atoms with E-state index in [2.05, 4.69) is 17.4 Å². The zero-order valence-corrected chi connectivity index (χ0v) is 18.7. The fourth-order valence-electron chi connectivity index (χ4n) is 5.99. The largest absolute Gasteiger partial charge is 0.465 e. The molecular weight excluding hydrogens is 426 g/mol. The highest BCUT2D eigenvalue weighted by Gasteiger charge is 2.45. The van der Waals surface area contributed by atoms with Crippen LogP contribution in [0.1, 0.15) is 43.6 Å². The molecule has 1 aromatic carbocycles. The average molecular weight is 460 g/mol. The number of carbonyl (C=O) groups is 3. The highest BCUT2D eigenvalue weighted by atomic mass is 16.5. The van der Waals surface area contributed by atoms with Crippen LogP contribution >= 0.6 is 0 Å². The van der Waals surface area contributed by atoms with Gasteiger partial charge in [0, 0.05) is 43.5 Å². The van der Waals surface area contributed by atoms with Gasteiger partial charge >= 0.3 is 6.09 Å². The molecule has 0 spiro atoms. The summed E-state index contributed by atoms with van der Waals surface area (Å²) < 4.78 is 5.47. The van der Waals surface area contributed by atoms with Crippen LogP contribution in [0.2, 0.25) is 0 Å². The first-order chi connectivity index (χ1) is 16.0. The molecule has 4 N–H and O–H groups in total. The minimum absolute atomic E-state index is 0.0430. The number of carboxylic acid groups (broad SMARTS) is 1. The lowest BCUT2D eigenvalue weighted by Gasteiger charge is -2.40. The quantitative estimate of drug-likeness (QED) is 0.381. The van der Waals surface area contributed by atoms with Gasteiger partial charge in [0.2, 0.25) is 11.8 Å². The normalized spacial score (nSPS) is 30.6. The molecule has 180 valence electrons. The van der Waals surface area contributed by atoms with Crippen molar-refractivity contribution in [1.82, 2.24) is 15.7 Å². The maximum absolute atomic E-state index is 13.5. The monoisotopic (exact) mass is 459 g/mol. The van der Waals surface area contributed by atoms with E-state index in [0.717, 1.165) is 12.8 Å². The summed E-state index contributed by atoms with van der Waals surface area (Å²) in [6, 6.07) is 9.79. The Labute approximate surface area is 193 Å². The molecule has 1 aromatic rings. The van der Waals surface area contributed by atoms with Gasteiger partial charge in [-0.15, -0.1) is 0 Å². The second-order valence-electron chi connectivity index (χ2n) is 9.54. The van der Waals surface area contributed by atoms with Crippen molar-refractivity contribution in [3.63, 3.8) is 0 Å². The van der Waals surface area contributed by atoms with E-state index >= 15 is 0 Å². The van der Waals surface area contributed by atoms with Gasteiger partial charge in [-0.05, 0) is 43.6 Å². The Bertz CT molecular complexity index is 844. The van der Waals surface area contributed by atoms with Crippen molar-refractivity contribution in [1.29, 1.82) is 0 Å². The van der Waals surface area contributed by atoms with Gasteiger partial charge in [-0.3, -0.25) is 14.8 Å². The lowest BCUT2D eigenvalue weighted by molar-refractivity contribution is -0.147. The number of nitrogens with zero attached hydrogens (tertiary/aromatic N) is 1. The second-order valence-corrected chi connectivity index (χ2v) is 9.54. The first kappa shape index (κ1) is 23.5. The maximum atomic E-state index is 13.5. The van der Waals surface area contributed by atoms with E-state index in [9.17, 15) is 24.7 Å². The van der Waals surface area contributed by atoms with E-state index in [1.807, 2.05) is 23.1 Å². The third kappa shape index (κ3) is 5.30. The minimum atomic E-state index is -1.10. The fourth-order valence-corrected chi connectivity index (χ4v) is 5.99. The number of benzene rings is 1. The van der Waals surface area contributed by atoms with Gasteiger partial charge in [0.05, 0.1) is 12.5 Å². The van der Waals surface area contributed by atoms with Gasteiger partial charge in [-0.1, -0.05) is 30.3 Å². The number of hydrogen-bond donors (Lipinski definition) is 4. The Kier molecular flexibility index (Phi) is 7.49. The molecule has 0 aromatic heterocycles. The van der Waals surface area contributed by atoms with Crippen LogP contribution in [-0.2, 0) is 14.3 Å². The van der Waals surface area contributed by atoms with Gasteiger partial charge < -0.3 is 20.1 Å². The molecule has 3 amide bonds. The van der Waals surface area contributed by atoms with Crippen molar-refractivity contribution in [2.24, 2.45) is 23.7 Å². The van der Waals surface area contributed by atoms with E-state index in [0.29, 0.717) is 45.6 Å². The predicted octanol–water partition coefficient (Wildman–Crippen LogP) is 2.21. The van der Waals surface area contributed by atoms with Crippen LogP contribution in [0, 0.1) is 23.7 Å². The summed E-state index contributed by atoms with van der Waals surface area (Å²) in [6.07, 6.45) is 2.02. The topological polar surface area (TPSA) is 128 Å². The predicted molar refractivity (Wildman–Crippen MR) is 119 cm³/mol. The standard InChI is InChI=1S/C24H33N3O6/c28-22(26-32)20-12-16(21(25-24(30)31)18-9-11-33-14-18)6-7-19(20)23(29)27-10-8-17(13-27)15-4-2-1-3-5-15/h1-5,16-21,25,32H,6-14H2,(H,26,28)(H,30,31)/t16?,17-,18+,19-,20-,21?/m0/s1. The summed E-state index contributed by atoms with van der Waals surface area (Å²) in [4.78, 5) is 39.3. The molecule has 2 heterocycles. The van der Waals surface area contributed by atoms with Crippen LogP contribution in [0.5, 0.6) is 0 Å². The van der Waals surface area contributed by atoms with E-state index in [4.69, 9.17) is 4.74 Å². The van der Waals surface area contributed by atoms with Gasteiger partial charge in [0.25, 0.3) is 0 Å². The second kappa shape index (κ2) is 10.5. The summed E-state index contributed by atoms with van der Waals surface area (Å²) in [7, 11) is 0. The molecule has 3 fully saturated rings. The number of likely N-dealkylation sites (tertiary alicyclic amines) is 1. The van der Waals surface area contributed by atoms with Crippen LogP contribution < -0.4 is 10.8 Å². The first-order valence-electron chi connectivity index (χ1n) is 11.8. The van der Waals surface area contributed by atoms with Crippen molar-refractivity contribution >= 4 is 17.9 Å². The Balaban J connectivity index is 1.46. The highest BCUT2D eigenvalue weighted by molar-refractivity contribution is 5.87. The van der Waals surface area contributed by atoms with Gasteiger partial charge in [-0.25, -0.2) is 10.3 Å². The van der Waals surface area contributed by atoms with Crippen molar-refractivity contribution in [3.05, 3.63) is 35.9 Å². The molecule has 9 heteroatoms. The molecule has 2 unspecified atom stereocenters. The van der Waals surface area contributed by atoms with Crippen LogP contribution in [0.15, 0.2) is 30.3 Å². The number of ether oxygens (including phenoxy) is 1. The summed E-state index contributed by atoms with van der Waals surface area (Å²) in [5.41, 5.74) is 2.95. The molecular formula is C24H33N3O6. The first-order valence-corrected chi connectivity index (χ1v) is 11.8. The molecule has 2 aliphatic heterocycles. The van der Waals surface area contributed by atoms with Crippen LogP contribution in [0.3, 0.4) is 0 Å². The molecule has 3 aliphatic rings. The third-order valence-corrected chi connectivity index (χ3v) is 7.70. The molecule has 4 rings (SSSR count). The fraction of sp³-hybridized carbons (Fsp3) is 0.625. The van der Waals surface area contributed by atoms with Crippen molar-refractivity contribution < 1.29 is 29.4 Å². The van der Waals surface area contributed by atoms with Crippen LogP contribution in [0.4, 0.5) is 4.79 Å². The lowest BCUT2D eigenvalue weighted by Crippen LogP contribution is -2.51. The van der Waals surface area contributed by atoms with Crippen molar-refractivity contribution in [3.8, 4) is 0 Å². The number of rotatable bonds is 6. The SMILES string of the molecule is O=C(O)NC(C1CC[C@H](C(=O)N2CC[C@H](c3ccccc3)C2)[C@@H](C(=O)NO)C1)[C@@H]1CCOC1. The highest BCUT2D eigenvalue weighted by Crippen LogP contribution is 2.40. The maximum Gasteiger partial charge on any atom is 0.404 e. The Morgan fingerprint density at radius 1 is 1.03 bits per heavy atom. The molecule has 2 saturated heterocycles. The number of nitrogens with one attached hydrogen (secondary N) is 2. The molecule has 0 bridgehead atoms. The van der Waals surface area contributed by atoms with Crippen LogP contribution in [0.25, 0.3) is 0 Å². The number of hydrogen-bond acceptors (Lipinski definition) is 5. The summed E-state index contributed by atoms with van der Waals surface area (Å²) in [5, 5.41) is 21.4. The van der Waals surface area contributed by atoms with E-state index < -0.39 is 23.8 Å². The summed E-state index contributed by atoms with van der Waals surface area (Å²) in [5.74, 6) is -1.62. The van der Waals surface area contributed by atoms with Gasteiger partial charge in [0.15, 0.2) is 0 Å². The van der Waals surface area contributed by atoms with E-state index in [-0.39, 0.29) is 29.7 Å². The molecule has 0 radical (unpaired) electrons. The Morgan fingerprint density at radius 2 is 1.82 bits per heavy atom. The zero-order valence-electron chi connectivity index (χ0n) is 18.7. The molecule has 6 atom stereocenters. The smallest absolute Gasteiger partial charge is 0.404 e. The number of amides is 3. The van der Waals surface area contributed by atoms with E-state index in [1.165, 1.54) is 5.56 Å². The van der Waals surface area contributed by atoms with E-state index in [1.54, 1.807) is 5.48 Å². The molecule has 33 heavy (non-hydrogen) atoms. The number of carbonyl (C=O) groups excluding carboxylic acids is 2. The summed E-state index contributed by atoms with van der Waals surface area (Å²) in [6.45, 7) is 2.34. The minimum Gasteiger partial charge on any atom is -0.465 e. The van der Waals surface area contributed by atoms with Gasteiger partial charge in [-0.2, -0.15) is 0 Å². The van der Waals surface area contributed by atoms with Crippen molar-refractivity contribution in [2.45, 2.75) is 44.1 Å². The Morgan fingerprint density at radius 3 is 2.48 bits per heavy atom. The Hall–Kier alpha value is -2.65. The molecule has 9 nitrogen and oxygen atoms in total. The average Bonchev–Trinajstić information content (AvgIpc) is 3.54. The third-order valence-electron chi connectivity index (χ3n) is 7.70. The summed E-state index contributed by atoms with van der Waals surface area (Å²) >= 11 is 0. The lowest BCUT2D eigenvalue weighted by atomic mass is 9.68.